The predicted octanol–water partition coefficient (Wildman–Crippen LogP) is 2.61. The van der Waals surface area contributed by atoms with Crippen molar-refractivity contribution in [2.75, 3.05) is 56.4 Å². The second-order valence-electron chi connectivity index (χ2n) is 8.88. The number of nitrogens with zero attached hydrogens (tertiary/aromatic N) is 5. The Morgan fingerprint density at radius 3 is 2.38 bits per heavy atom. The fraction of sp³-hybridized carbons (Fsp3) is 0.480. The third kappa shape index (κ3) is 4.26. The molecule has 3 aromatic rings. The standard InChI is InChI=1S/C25H32N6O3/c1-16-14-33-10-8-30(16)24-20-5-6-21(18-4-7-22(32-3)19(12-18)13-26)27-23(20)28-25(29-24)31-9-11-34-15-17(31)2/h4-7,12,16-17H,8-11,13-15,26H2,1-3H3/t16-,17-/m0/s1. The van der Waals surface area contributed by atoms with Gasteiger partial charge in [-0.1, -0.05) is 0 Å². The number of ether oxygens (including phenoxy) is 3. The predicted molar refractivity (Wildman–Crippen MR) is 132 cm³/mol. The summed E-state index contributed by atoms with van der Waals surface area (Å²) in [6.07, 6.45) is 0. The number of aromatic nitrogens is 3. The summed E-state index contributed by atoms with van der Waals surface area (Å²) in [7, 11) is 1.65. The molecule has 0 spiro atoms. The SMILES string of the molecule is COc1ccc(-c2ccc3c(N4CCOC[C@@H]4C)nc(N4CCOC[C@@H]4C)nc3n2)cc1CN. The van der Waals surface area contributed by atoms with Crippen LogP contribution < -0.4 is 20.3 Å². The Morgan fingerprint density at radius 1 is 0.971 bits per heavy atom. The van der Waals surface area contributed by atoms with Gasteiger partial charge in [0.15, 0.2) is 5.65 Å². The smallest absolute Gasteiger partial charge is 0.229 e. The molecule has 2 atom stereocenters. The van der Waals surface area contributed by atoms with Gasteiger partial charge in [0.05, 0.1) is 56.7 Å². The van der Waals surface area contributed by atoms with E-state index < -0.39 is 0 Å². The molecule has 34 heavy (non-hydrogen) atoms. The lowest BCUT2D eigenvalue weighted by Gasteiger charge is -2.37. The van der Waals surface area contributed by atoms with Crippen LogP contribution in [0.5, 0.6) is 5.75 Å². The Labute approximate surface area is 199 Å². The van der Waals surface area contributed by atoms with E-state index in [0.717, 1.165) is 46.9 Å². The number of hydrogen-bond acceptors (Lipinski definition) is 9. The summed E-state index contributed by atoms with van der Waals surface area (Å²) in [4.78, 5) is 19.5. The van der Waals surface area contributed by atoms with Gasteiger partial charge < -0.3 is 29.7 Å². The molecule has 2 aromatic heterocycles. The molecule has 9 nitrogen and oxygen atoms in total. The number of anilines is 2. The molecule has 1 aromatic carbocycles. The van der Waals surface area contributed by atoms with Crippen LogP contribution in [0.2, 0.25) is 0 Å². The molecule has 0 bridgehead atoms. The molecule has 2 saturated heterocycles. The maximum atomic E-state index is 5.94. The van der Waals surface area contributed by atoms with Crippen molar-refractivity contribution in [2.24, 2.45) is 5.73 Å². The van der Waals surface area contributed by atoms with Gasteiger partial charge in [-0.3, -0.25) is 0 Å². The van der Waals surface area contributed by atoms with Crippen LogP contribution >= 0.6 is 0 Å². The summed E-state index contributed by atoms with van der Waals surface area (Å²) in [6, 6.07) is 10.5. The van der Waals surface area contributed by atoms with Crippen molar-refractivity contribution in [3.05, 3.63) is 35.9 Å². The molecule has 0 saturated carbocycles. The van der Waals surface area contributed by atoms with Crippen LogP contribution in [0, 0.1) is 0 Å². The molecule has 2 fully saturated rings. The topological polar surface area (TPSA) is 98.9 Å². The van der Waals surface area contributed by atoms with E-state index in [-0.39, 0.29) is 12.1 Å². The zero-order chi connectivity index (χ0) is 23.7. The average molecular weight is 465 g/mol. The minimum absolute atomic E-state index is 0.193. The summed E-state index contributed by atoms with van der Waals surface area (Å²) in [6.45, 7) is 8.91. The van der Waals surface area contributed by atoms with Crippen molar-refractivity contribution in [3.8, 4) is 17.0 Å². The van der Waals surface area contributed by atoms with Gasteiger partial charge in [0, 0.05) is 30.8 Å². The third-order valence-corrected chi connectivity index (χ3v) is 6.59. The summed E-state index contributed by atoms with van der Waals surface area (Å²) in [5.74, 6) is 2.38. The van der Waals surface area contributed by atoms with Gasteiger partial charge in [-0.05, 0) is 44.2 Å². The Hall–Kier alpha value is -3.01. The van der Waals surface area contributed by atoms with Gasteiger partial charge in [-0.15, -0.1) is 0 Å². The lowest BCUT2D eigenvalue weighted by atomic mass is 10.1. The van der Waals surface area contributed by atoms with Crippen LogP contribution in [0.4, 0.5) is 11.8 Å². The minimum Gasteiger partial charge on any atom is -0.496 e. The first-order valence-corrected chi connectivity index (χ1v) is 11.8. The van der Waals surface area contributed by atoms with Gasteiger partial charge >= 0.3 is 0 Å². The number of hydrogen-bond donors (Lipinski definition) is 1. The molecule has 2 aliphatic heterocycles. The monoisotopic (exact) mass is 464 g/mol. The Bertz CT molecular complexity index is 1170. The number of benzene rings is 1. The number of rotatable bonds is 5. The molecule has 0 unspecified atom stereocenters. The van der Waals surface area contributed by atoms with Crippen LogP contribution in [-0.4, -0.2) is 73.7 Å². The summed E-state index contributed by atoms with van der Waals surface area (Å²) < 4.78 is 16.8. The van der Waals surface area contributed by atoms with E-state index in [4.69, 9.17) is 34.9 Å². The first-order valence-electron chi connectivity index (χ1n) is 11.8. The fourth-order valence-electron chi connectivity index (χ4n) is 4.65. The van der Waals surface area contributed by atoms with Crippen LogP contribution in [0.25, 0.3) is 22.3 Å². The van der Waals surface area contributed by atoms with Crippen molar-refractivity contribution in [1.82, 2.24) is 15.0 Å². The highest BCUT2D eigenvalue weighted by molar-refractivity contribution is 5.90. The third-order valence-electron chi connectivity index (χ3n) is 6.59. The van der Waals surface area contributed by atoms with E-state index >= 15 is 0 Å². The van der Waals surface area contributed by atoms with E-state index in [1.54, 1.807) is 7.11 Å². The van der Waals surface area contributed by atoms with E-state index in [0.29, 0.717) is 44.6 Å². The van der Waals surface area contributed by atoms with Crippen LogP contribution in [0.3, 0.4) is 0 Å². The van der Waals surface area contributed by atoms with Crippen molar-refractivity contribution >= 4 is 22.8 Å². The van der Waals surface area contributed by atoms with Crippen molar-refractivity contribution < 1.29 is 14.2 Å². The number of nitrogens with two attached hydrogens (primary N) is 1. The Morgan fingerprint density at radius 2 is 1.71 bits per heavy atom. The van der Waals surface area contributed by atoms with Gasteiger partial charge in [0.1, 0.15) is 11.6 Å². The highest BCUT2D eigenvalue weighted by atomic mass is 16.5. The van der Waals surface area contributed by atoms with E-state index in [1.807, 2.05) is 24.3 Å². The molecule has 0 amide bonds. The molecule has 2 aliphatic rings. The van der Waals surface area contributed by atoms with Crippen molar-refractivity contribution in [1.29, 1.82) is 0 Å². The zero-order valence-electron chi connectivity index (χ0n) is 20.0. The second kappa shape index (κ2) is 9.69. The molecular weight excluding hydrogens is 432 g/mol. The van der Waals surface area contributed by atoms with Gasteiger partial charge in [0.25, 0.3) is 0 Å². The number of morpholine rings is 2. The maximum Gasteiger partial charge on any atom is 0.229 e. The highest BCUT2D eigenvalue weighted by Crippen LogP contribution is 2.32. The van der Waals surface area contributed by atoms with E-state index in [9.17, 15) is 0 Å². The normalized spacial score (nSPS) is 21.2. The van der Waals surface area contributed by atoms with Gasteiger partial charge in [-0.2, -0.15) is 9.97 Å². The number of methoxy groups -OCH3 is 1. The van der Waals surface area contributed by atoms with Gasteiger partial charge in [0.2, 0.25) is 5.95 Å². The first-order chi connectivity index (χ1) is 16.6. The number of fused-ring (bicyclic) bond motifs is 1. The number of pyridine rings is 1. The lowest BCUT2D eigenvalue weighted by Crippen LogP contribution is -2.46. The van der Waals surface area contributed by atoms with Crippen LogP contribution in [0.1, 0.15) is 19.4 Å². The molecule has 180 valence electrons. The zero-order valence-corrected chi connectivity index (χ0v) is 20.0. The summed E-state index contributed by atoms with van der Waals surface area (Å²) >= 11 is 0. The molecule has 2 N–H and O–H groups in total. The minimum atomic E-state index is 0.193. The van der Waals surface area contributed by atoms with Crippen molar-refractivity contribution in [3.63, 3.8) is 0 Å². The van der Waals surface area contributed by atoms with E-state index in [1.165, 1.54) is 0 Å². The molecule has 4 heterocycles. The molecular formula is C25H32N6O3. The summed E-state index contributed by atoms with van der Waals surface area (Å²) in [5.41, 5.74) is 9.38. The molecule has 9 heteroatoms. The second-order valence-corrected chi connectivity index (χ2v) is 8.88. The largest absolute Gasteiger partial charge is 0.496 e. The fourth-order valence-corrected chi connectivity index (χ4v) is 4.65. The van der Waals surface area contributed by atoms with Crippen LogP contribution in [-0.2, 0) is 16.0 Å². The average Bonchev–Trinajstić information content (AvgIpc) is 2.88. The van der Waals surface area contributed by atoms with Crippen LogP contribution in [0.15, 0.2) is 30.3 Å². The molecule has 0 radical (unpaired) electrons. The molecule has 5 rings (SSSR count). The van der Waals surface area contributed by atoms with Gasteiger partial charge in [-0.25, -0.2) is 4.98 Å². The Balaban J connectivity index is 1.64. The Kier molecular flexibility index (Phi) is 6.49. The highest BCUT2D eigenvalue weighted by Gasteiger charge is 2.27. The van der Waals surface area contributed by atoms with E-state index in [2.05, 4.69) is 29.7 Å². The lowest BCUT2D eigenvalue weighted by molar-refractivity contribution is 0.0973. The maximum absolute atomic E-state index is 5.94. The first kappa shape index (κ1) is 22.8. The molecule has 0 aliphatic carbocycles. The quantitative estimate of drug-likeness (QED) is 0.611. The summed E-state index contributed by atoms with van der Waals surface area (Å²) in [5, 5.41) is 0.940. The van der Waals surface area contributed by atoms with Crippen molar-refractivity contribution in [2.45, 2.75) is 32.5 Å².